The summed E-state index contributed by atoms with van der Waals surface area (Å²) in [5, 5.41) is 16.0. The van der Waals surface area contributed by atoms with Crippen molar-refractivity contribution in [1.29, 1.82) is 0 Å². The van der Waals surface area contributed by atoms with Crippen molar-refractivity contribution in [3.8, 4) is 5.69 Å². The molecule has 0 radical (unpaired) electrons. The number of carboxylic acid groups (broad SMARTS) is 1. The maximum Gasteiger partial charge on any atom is 0.371 e. The Hall–Kier alpha value is -3.35. The van der Waals surface area contributed by atoms with E-state index >= 15 is 0 Å². The van der Waals surface area contributed by atoms with Gasteiger partial charge in [0, 0.05) is 11.3 Å². The molecule has 0 aliphatic heterocycles. The number of para-hydroxylation sites is 1. The van der Waals surface area contributed by atoms with E-state index in [9.17, 15) is 9.59 Å². The molecule has 2 heterocycles. The molecule has 0 aliphatic carbocycles. The zero-order valence-corrected chi connectivity index (χ0v) is 13.8. The van der Waals surface area contributed by atoms with Crippen molar-refractivity contribution in [3.05, 3.63) is 71.4 Å². The third-order valence-corrected chi connectivity index (χ3v) is 3.90. The van der Waals surface area contributed by atoms with Crippen molar-refractivity contribution < 1.29 is 19.1 Å². The summed E-state index contributed by atoms with van der Waals surface area (Å²) >= 11 is 0. The van der Waals surface area contributed by atoms with Crippen LogP contribution in [-0.2, 0) is 0 Å². The van der Waals surface area contributed by atoms with Crippen LogP contribution in [-0.4, -0.2) is 26.8 Å². The lowest BCUT2D eigenvalue weighted by Gasteiger charge is -2.13. The van der Waals surface area contributed by atoms with E-state index in [1.807, 2.05) is 44.2 Å². The van der Waals surface area contributed by atoms with Gasteiger partial charge in [-0.15, -0.1) is 0 Å². The number of amides is 1. The molecule has 0 spiro atoms. The van der Waals surface area contributed by atoms with Crippen LogP contribution in [0.4, 0.5) is 0 Å². The van der Waals surface area contributed by atoms with Crippen LogP contribution in [0.2, 0.25) is 0 Å². The largest absolute Gasteiger partial charge is 0.475 e. The van der Waals surface area contributed by atoms with Crippen LogP contribution in [0.25, 0.3) is 5.69 Å². The zero-order valence-electron chi connectivity index (χ0n) is 13.8. The quantitative estimate of drug-likeness (QED) is 0.745. The number of hydrogen-bond donors (Lipinski definition) is 2. The van der Waals surface area contributed by atoms with Crippen molar-refractivity contribution in [1.82, 2.24) is 15.1 Å². The molecule has 3 aromatic rings. The molecule has 1 atom stereocenters. The summed E-state index contributed by atoms with van der Waals surface area (Å²) in [6.45, 7) is 3.76. The number of aromatic carboxylic acids is 1. The first-order valence-corrected chi connectivity index (χ1v) is 7.71. The molecule has 1 amide bonds. The highest BCUT2D eigenvalue weighted by atomic mass is 16.4. The van der Waals surface area contributed by atoms with Gasteiger partial charge >= 0.3 is 5.97 Å². The van der Waals surface area contributed by atoms with E-state index in [0.29, 0.717) is 0 Å². The number of aromatic nitrogens is 2. The highest BCUT2D eigenvalue weighted by molar-refractivity contribution is 5.93. The minimum absolute atomic E-state index is 0.0441. The average molecular weight is 339 g/mol. The van der Waals surface area contributed by atoms with E-state index in [1.165, 1.54) is 12.1 Å². The zero-order chi connectivity index (χ0) is 18.0. The maximum absolute atomic E-state index is 12.2. The summed E-state index contributed by atoms with van der Waals surface area (Å²) in [6, 6.07) is 12.0. The topological polar surface area (TPSA) is 97.4 Å². The summed E-state index contributed by atoms with van der Waals surface area (Å²) in [5.74, 6) is -2.01. The Morgan fingerprint density at radius 1 is 1.16 bits per heavy atom. The van der Waals surface area contributed by atoms with E-state index in [4.69, 9.17) is 9.52 Å². The molecule has 1 aromatic carbocycles. The summed E-state index contributed by atoms with van der Waals surface area (Å²) < 4.78 is 6.81. The molecule has 7 nitrogen and oxygen atoms in total. The number of carbonyl (C=O) groups is 2. The third-order valence-electron chi connectivity index (χ3n) is 3.90. The number of carboxylic acids is 1. The Bertz CT molecular complexity index is 912. The summed E-state index contributed by atoms with van der Waals surface area (Å²) in [7, 11) is 0. The van der Waals surface area contributed by atoms with Crippen molar-refractivity contribution >= 4 is 11.9 Å². The molecular weight excluding hydrogens is 322 g/mol. The lowest BCUT2D eigenvalue weighted by atomic mass is 10.1. The number of carbonyl (C=O) groups excluding carboxylic acids is 1. The van der Waals surface area contributed by atoms with E-state index in [0.717, 1.165) is 16.9 Å². The van der Waals surface area contributed by atoms with Gasteiger partial charge in [0.25, 0.3) is 5.91 Å². The van der Waals surface area contributed by atoms with E-state index < -0.39 is 11.9 Å². The Balaban J connectivity index is 1.77. The van der Waals surface area contributed by atoms with E-state index in [2.05, 4.69) is 10.4 Å². The molecule has 7 heteroatoms. The standard InChI is InChI=1S/C18H17N3O4/c1-11(20-17(22)15-8-9-16(25-15)18(23)24)14-10-19-21(12(14)2)13-6-4-3-5-7-13/h3-11H,1-2H3,(H,20,22)(H,23,24). The number of hydrogen-bond acceptors (Lipinski definition) is 4. The fraction of sp³-hybridized carbons (Fsp3) is 0.167. The van der Waals surface area contributed by atoms with Crippen molar-refractivity contribution in [3.63, 3.8) is 0 Å². The molecule has 3 rings (SSSR count). The van der Waals surface area contributed by atoms with Gasteiger partial charge in [0.1, 0.15) is 0 Å². The highest BCUT2D eigenvalue weighted by Gasteiger charge is 2.20. The molecule has 0 saturated heterocycles. The molecule has 25 heavy (non-hydrogen) atoms. The van der Waals surface area contributed by atoms with Crippen LogP contribution >= 0.6 is 0 Å². The molecule has 2 aromatic heterocycles. The maximum atomic E-state index is 12.2. The fourth-order valence-corrected chi connectivity index (χ4v) is 2.60. The molecule has 0 saturated carbocycles. The van der Waals surface area contributed by atoms with Crippen LogP contribution in [0, 0.1) is 6.92 Å². The van der Waals surface area contributed by atoms with E-state index in [-0.39, 0.29) is 17.6 Å². The second-order valence-electron chi connectivity index (χ2n) is 5.60. The Labute approximate surface area is 143 Å². The lowest BCUT2D eigenvalue weighted by Crippen LogP contribution is -2.26. The number of rotatable bonds is 5. The third kappa shape index (κ3) is 3.30. The minimum atomic E-state index is -1.22. The van der Waals surface area contributed by atoms with Gasteiger partial charge in [-0.3, -0.25) is 4.79 Å². The summed E-state index contributed by atoms with van der Waals surface area (Å²) in [4.78, 5) is 23.1. The molecular formula is C18H17N3O4. The van der Waals surface area contributed by atoms with Crippen LogP contribution in [0.5, 0.6) is 0 Å². The van der Waals surface area contributed by atoms with Crippen LogP contribution in [0.15, 0.2) is 53.1 Å². The van der Waals surface area contributed by atoms with Crippen molar-refractivity contribution in [2.24, 2.45) is 0 Å². The smallest absolute Gasteiger partial charge is 0.371 e. The van der Waals surface area contributed by atoms with Gasteiger partial charge < -0.3 is 14.8 Å². The average Bonchev–Trinajstić information content (AvgIpc) is 3.22. The molecule has 128 valence electrons. The van der Waals surface area contributed by atoms with Crippen LogP contribution < -0.4 is 5.32 Å². The van der Waals surface area contributed by atoms with Gasteiger partial charge in [-0.2, -0.15) is 5.10 Å². The van der Waals surface area contributed by atoms with Crippen LogP contribution in [0.1, 0.15) is 45.3 Å². The second kappa shape index (κ2) is 6.64. The highest BCUT2D eigenvalue weighted by Crippen LogP contribution is 2.20. The lowest BCUT2D eigenvalue weighted by molar-refractivity contribution is 0.0659. The number of benzene rings is 1. The fourth-order valence-electron chi connectivity index (χ4n) is 2.60. The summed E-state index contributed by atoms with van der Waals surface area (Å²) in [6.07, 6.45) is 1.71. The van der Waals surface area contributed by atoms with Crippen LogP contribution in [0.3, 0.4) is 0 Å². The van der Waals surface area contributed by atoms with Gasteiger partial charge in [0.15, 0.2) is 5.76 Å². The normalized spacial score (nSPS) is 11.9. The van der Waals surface area contributed by atoms with Gasteiger partial charge in [-0.05, 0) is 38.1 Å². The SMILES string of the molecule is Cc1c(C(C)NC(=O)c2ccc(C(=O)O)o2)cnn1-c1ccccc1. The predicted octanol–water partition coefficient (Wildman–Crippen LogP) is 2.96. The van der Waals surface area contributed by atoms with Crippen molar-refractivity contribution in [2.45, 2.75) is 19.9 Å². The predicted molar refractivity (Wildman–Crippen MR) is 89.8 cm³/mol. The Morgan fingerprint density at radius 3 is 2.48 bits per heavy atom. The Morgan fingerprint density at radius 2 is 1.84 bits per heavy atom. The van der Waals surface area contributed by atoms with Gasteiger partial charge in [0.05, 0.1) is 17.9 Å². The van der Waals surface area contributed by atoms with Gasteiger partial charge in [-0.25, -0.2) is 9.48 Å². The first kappa shape index (κ1) is 16.5. The van der Waals surface area contributed by atoms with Gasteiger partial charge in [0.2, 0.25) is 5.76 Å². The molecule has 1 unspecified atom stereocenters. The van der Waals surface area contributed by atoms with Crippen molar-refractivity contribution in [2.75, 3.05) is 0 Å². The molecule has 2 N–H and O–H groups in total. The molecule has 0 bridgehead atoms. The minimum Gasteiger partial charge on any atom is -0.475 e. The summed E-state index contributed by atoms with van der Waals surface area (Å²) in [5.41, 5.74) is 2.70. The first-order chi connectivity index (χ1) is 12.0. The number of furan rings is 1. The Kier molecular flexibility index (Phi) is 4.38. The number of nitrogens with one attached hydrogen (secondary N) is 1. The molecule has 0 aliphatic rings. The second-order valence-corrected chi connectivity index (χ2v) is 5.60. The monoisotopic (exact) mass is 339 g/mol. The number of nitrogens with zero attached hydrogens (tertiary/aromatic N) is 2. The van der Waals surface area contributed by atoms with Gasteiger partial charge in [-0.1, -0.05) is 18.2 Å². The molecule has 0 fully saturated rings. The van der Waals surface area contributed by atoms with E-state index in [1.54, 1.807) is 10.9 Å². The first-order valence-electron chi connectivity index (χ1n) is 7.71.